The molecule has 208 valence electrons. The first kappa shape index (κ1) is 29.1. The number of aliphatic carboxylic acids is 1. The molecule has 0 heterocycles. The maximum absolute atomic E-state index is 11.1. The van der Waals surface area contributed by atoms with Gasteiger partial charge in [0, 0.05) is 31.5 Å². The number of nitrogens with zero attached hydrogens (tertiary/aromatic N) is 1. The van der Waals surface area contributed by atoms with Gasteiger partial charge in [-0.15, -0.1) is 0 Å². The van der Waals surface area contributed by atoms with Gasteiger partial charge in [-0.3, -0.25) is 9.69 Å². The molecule has 0 aliphatic heterocycles. The Kier molecular flexibility index (Phi) is 10.5. The fraction of sp³-hybridized carbons (Fsp3) is 0.306. The van der Waals surface area contributed by atoms with E-state index in [1.807, 2.05) is 24.3 Å². The van der Waals surface area contributed by atoms with Crippen molar-refractivity contribution in [3.8, 4) is 5.75 Å². The average molecular weight is 536 g/mol. The van der Waals surface area contributed by atoms with Gasteiger partial charge >= 0.3 is 5.97 Å². The first-order chi connectivity index (χ1) is 19.4. The van der Waals surface area contributed by atoms with Crippen LogP contribution >= 0.6 is 0 Å². The van der Waals surface area contributed by atoms with Gasteiger partial charge in [0.15, 0.2) is 0 Å². The molecular formula is C36H41NO3. The highest BCUT2D eigenvalue weighted by atomic mass is 16.5. The van der Waals surface area contributed by atoms with Crippen LogP contribution in [0.15, 0.2) is 109 Å². The number of benzene rings is 4. The molecule has 4 nitrogen and oxygen atoms in total. The van der Waals surface area contributed by atoms with Gasteiger partial charge < -0.3 is 9.84 Å². The van der Waals surface area contributed by atoms with E-state index in [0.29, 0.717) is 18.3 Å². The summed E-state index contributed by atoms with van der Waals surface area (Å²) in [6.45, 7) is 9.84. The predicted molar refractivity (Wildman–Crippen MR) is 163 cm³/mol. The normalized spacial score (nSPS) is 12.2. The van der Waals surface area contributed by atoms with Crippen molar-refractivity contribution >= 4 is 5.97 Å². The van der Waals surface area contributed by atoms with Crippen molar-refractivity contribution in [3.63, 3.8) is 0 Å². The number of hydrogen-bond acceptors (Lipinski definition) is 3. The molecule has 0 aliphatic carbocycles. The zero-order valence-electron chi connectivity index (χ0n) is 23.9. The highest BCUT2D eigenvalue weighted by Gasteiger charge is 2.21. The quantitative estimate of drug-likeness (QED) is 0.179. The van der Waals surface area contributed by atoms with Gasteiger partial charge in [0.2, 0.25) is 0 Å². The molecule has 1 N–H and O–H groups in total. The smallest absolute Gasteiger partial charge is 0.307 e. The number of rotatable bonds is 14. The van der Waals surface area contributed by atoms with Crippen molar-refractivity contribution in [2.75, 3.05) is 19.7 Å². The fourth-order valence-corrected chi connectivity index (χ4v) is 5.15. The summed E-state index contributed by atoms with van der Waals surface area (Å²) in [5.41, 5.74) is 6.03. The number of carboxylic acids is 1. The Morgan fingerprint density at radius 2 is 1.35 bits per heavy atom. The molecule has 0 radical (unpaired) electrons. The molecule has 0 spiro atoms. The molecule has 1 atom stereocenters. The lowest BCUT2D eigenvalue weighted by Crippen LogP contribution is -2.34. The Bertz CT molecular complexity index is 1280. The first-order valence-electron chi connectivity index (χ1n) is 14.2. The van der Waals surface area contributed by atoms with E-state index in [1.165, 1.54) is 22.3 Å². The number of ether oxygens (including phenoxy) is 1. The van der Waals surface area contributed by atoms with E-state index >= 15 is 0 Å². The molecule has 0 bridgehead atoms. The van der Waals surface area contributed by atoms with Crippen molar-refractivity contribution in [2.24, 2.45) is 5.92 Å². The van der Waals surface area contributed by atoms with Crippen LogP contribution in [0.25, 0.3) is 0 Å². The van der Waals surface area contributed by atoms with E-state index in [-0.39, 0.29) is 18.3 Å². The second-order valence-electron chi connectivity index (χ2n) is 11.1. The summed E-state index contributed by atoms with van der Waals surface area (Å²) in [7, 11) is 0. The zero-order valence-corrected chi connectivity index (χ0v) is 23.9. The minimum atomic E-state index is -0.839. The topological polar surface area (TPSA) is 49.8 Å². The Balaban J connectivity index is 1.52. The van der Waals surface area contributed by atoms with Gasteiger partial charge in [-0.2, -0.15) is 0 Å². The van der Waals surface area contributed by atoms with E-state index in [4.69, 9.17) is 9.84 Å². The maximum Gasteiger partial charge on any atom is 0.307 e. The monoisotopic (exact) mass is 535 g/mol. The summed E-state index contributed by atoms with van der Waals surface area (Å²) in [6.07, 6.45) is -0.00348. The number of hydrogen-bond donors (Lipinski definition) is 1. The molecule has 0 saturated carbocycles. The summed E-state index contributed by atoms with van der Waals surface area (Å²) < 4.78 is 6.14. The standard InChI is InChI=1S/C36H41NO3/c1-27(2)31-19-17-29(18-20-31)24-37(23-28(3)26-40-34-16-10-11-30(21-34)22-36(38)39)25-35(32-12-6-4-7-13-32)33-14-8-5-9-15-33/h4-21,27-28,35H,22-26H2,1-3H3,(H,38,39). The lowest BCUT2D eigenvalue weighted by molar-refractivity contribution is -0.136. The molecule has 0 aromatic heterocycles. The van der Waals surface area contributed by atoms with Crippen molar-refractivity contribution < 1.29 is 14.6 Å². The second-order valence-corrected chi connectivity index (χ2v) is 11.1. The van der Waals surface area contributed by atoms with E-state index in [0.717, 1.165) is 25.2 Å². The fourth-order valence-electron chi connectivity index (χ4n) is 5.15. The van der Waals surface area contributed by atoms with Crippen molar-refractivity contribution in [1.29, 1.82) is 0 Å². The van der Waals surface area contributed by atoms with Crippen LogP contribution in [0.3, 0.4) is 0 Å². The molecule has 4 aromatic rings. The van der Waals surface area contributed by atoms with Crippen LogP contribution in [0.2, 0.25) is 0 Å². The highest BCUT2D eigenvalue weighted by molar-refractivity contribution is 5.70. The third-order valence-electron chi connectivity index (χ3n) is 7.26. The van der Waals surface area contributed by atoms with Gasteiger partial charge in [-0.05, 0) is 45.9 Å². The third kappa shape index (κ3) is 8.82. The molecule has 4 heteroatoms. The first-order valence-corrected chi connectivity index (χ1v) is 14.2. The van der Waals surface area contributed by atoms with Crippen LogP contribution in [0.1, 0.15) is 60.4 Å². The molecule has 0 fully saturated rings. The Labute approximate surface area is 239 Å². The summed E-state index contributed by atoms with van der Waals surface area (Å²) >= 11 is 0. The van der Waals surface area contributed by atoms with Crippen LogP contribution in [-0.4, -0.2) is 35.7 Å². The van der Waals surface area contributed by atoms with Gasteiger partial charge in [0.1, 0.15) is 5.75 Å². The van der Waals surface area contributed by atoms with E-state index < -0.39 is 5.97 Å². The summed E-state index contributed by atoms with van der Waals surface area (Å²) in [4.78, 5) is 13.7. The SMILES string of the molecule is CC(COc1cccc(CC(=O)O)c1)CN(Cc1ccc(C(C)C)cc1)CC(c1ccccc1)c1ccccc1. The second kappa shape index (κ2) is 14.5. The van der Waals surface area contributed by atoms with Crippen molar-refractivity contribution in [2.45, 2.75) is 45.6 Å². The van der Waals surface area contributed by atoms with Crippen LogP contribution in [0.5, 0.6) is 5.75 Å². The largest absolute Gasteiger partial charge is 0.493 e. The zero-order chi connectivity index (χ0) is 28.3. The van der Waals surface area contributed by atoms with Crippen LogP contribution in [-0.2, 0) is 17.8 Å². The number of carboxylic acid groups (broad SMARTS) is 1. The lowest BCUT2D eigenvalue weighted by atomic mass is 9.90. The molecule has 40 heavy (non-hydrogen) atoms. The summed E-state index contributed by atoms with van der Waals surface area (Å²) in [5.74, 6) is 0.905. The van der Waals surface area contributed by atoms with E-state index in [9.17, 15) is 4.79 Å². The van der Waals surface area contributed by atoms with Gasteiger partial charge in [0.05, 0.1) is 13.0 Å². The van der Waals surface area contributed by atoms with Crippen LogP contribution in [0, 0.1) is 5.92 Å². The highest BCUT2D eigenvalue weighted by Crippen LogP contribution is 2.27. The maximum atomic E-state index is 11.1. The van der Waals surface area contributed by atoms with Gasteiger partial charge in [-0.25, -0.2) is 0 Å². The predicted octanol–water partition coefficient (Wildman–Crippen LogP) is 7.79. The molecular weight excluding hydrogens is 494 g/mol. The third-order valence-corrected chi connectivity index (χ3v) is 7.26. The Morgan fingerprint density at radius 1 is 0.725 bits per heavy atom. The Morgan fingerprint density at radius 3 is 1.93 bits per heavy atom. The molecule has 4 aromatic carbocycles. The lowest BCUT2D eigenvalue weighted by Gasteiger charge is -2.30. The summed E-state index contributed by atoms with van der Waals surface area (Å²) in [6, 6.07) is 38.0. The van der Waals surface area contributed by atoms with Gasteiger partial charge in [0.25, 0.3) is 0 Å². The van der Waals surface area contributed by atoms with Crippen LogP contribution in [0.4, 0.5) is 0 Å². The molecule has 0 amide bonds. The molecule has 0 saturated heterocycles. The minimum absolute atomic E-state index is 0.00348. The van der Waals surface area contributed by atoms with E-state index in [2.05, 4.69) is 111 Å². The summed E-state index contributed by atoms with van der Waals surface area (Å²) in [5, 5.41) is 9.13. The minimum Gasteiger partial charge on any atom is -0.493 e. The molecule has 1 unspecified atom stereocenters. The average Bonchev–Trinajstić information content (AvgIpc) is 2.96. The van der Waals surface area contributed by atoms with E-state index in [1.54, 1.807) is 0 Å². The van der Waals surface area contributed by atoms with Gasteiger partial charge in [-0.1, -0.05) is 118 Å². The van der Waals surface area contributed by atoms with Crippen molar-refractivity contribution in [1.82, 2.24) is 4.90 Å². The van der Waals surface area contributed by atoms with Crippen molar-refractivity contribution in [3.05, 3.63) is 137 Å². The number of carbonyl (C=O) groups is 1. The Hall–Kier alpha value is -3.89. The molecule has 0 aliphatic rings. The molecule has 4 rings (SSSR count). The van der Waals surface area contributed by atoms with Crippen LogP contribution < -0.4 is 4.74 Å².